The third-order valence-corrected chi connectivity index (χ3v) is 1.48. The smallest absolute Gasteiger partial charge is 0.0702 e. The first kappa shape index (κ1) is 8.21. The maximum absolute atomic E-state index is 8.94. The molecule has 2 nitrogen and oxygen atoms in total. The van der Waals surface area contributed by atoms with Gasteiger partial charge in [-0.1, -0.05) is 0 Å². The Morgan fingerprint density at radius 1 is 1.62 bits per heavy atom. The largest absolute Gasteiger partial charge is 0.391 e. The van der Waals surface area contributed by atoms with Crippen molar-refractivity contribution >= 4 is 12.4 Å². The molecule has 0 saturated carbocycles. The number of hydrogen-bond donors (Lipinski definition) is 2. The number of aliphatic hydroxyl groups is 1. The molecule has 1 aliphatic heterocycles. The number of nitrogens with one attached hydrogen (secondary N) is 1. The first-order valence-corrected chi connectivity index (χ1v) is 2.72. The highest BCUT2D eigenvalue weighted by molar-refractivity contribution is 5.85. The van der Waals surface area contributed by atoms with Crippen molar-refractivity contribution in [3.05, 3.63) is 0 Å². The first-order chi connectivity index (χ1) is 3.30. The minimum Gasteiger partial charge on any atom is -0.391 e. The Balaban J connectivity index is 0.000000490. The Labute approximate surface area is 55.7 Å². The van der Waals surface area contributed by atoms with Crippen LogP contribution in [-0.2, 0) is 0 Å². The molecule has 0 aromatic rings. The van der Waals surface area contributed by atoms with Crippen LogP contribution < -0.4 is 5.32 Å². The second kappa shape index (κ2) is 3.28. The average molecular weight is 138 g/mol. The monoisotopic (exact) mass is 137 g/mol. The van der Waals surface area contributed by atoms with Crippen LogP contribution in [0.25, 0.3) is 0 Å². The molecule has 2 atom stereocenters. The van der Waals surface area contributed by atoms with Gasteiger partial charge in [0.1, 0.15) is 0 Å². The van der Waals surface area contributed by atoms with E-state index < -0.39 is 0 Å². The third kappa shape index (κ3) is 1.62. The van der Waals surface area contributed by atoms with Gasteiger partial charge >= 0.3 is 0 Å². The molecule has 1 rings (SSSR count). The summed E-state index contributed by atoms with van der Waals surface area (Å²) in [5.74, 6) is 0. The van der Waals surface area contributed by atoms with Gasteiger partial charge < -0.3 is 10.4 Å². The lowest BCUT2D eigenvalue weighted by Crippen LogP contribution is -2.25. The molecule has 1 aliphatic rings. The second-order valence-electron chi connectivity index (χ2n) is 2.10. The zero-order valence-electron chi connectivity index (χ0n) is 4.92. The number of halogens is 1. The number of hydrogen-bond acceptors (Lipinski definition) is 2. The van der Waals surface area contributed by atoms with Crippen LogP contribution in [0.2, 0.25) is 0 Å². The quantitative estimate of drug-likeness (QED) is 0.498. The van der Waals surface area contributed by atoms with E-state index in [1.54, 1.807) is 0 Å². The van der Waals surface area contributed by atoms with E-state index in [0.29, 0.717) is 6.04 Å². The zero-order chi connectivity index (χ0) is 5.28. The fraction of sp³-hybridized carbons (Fsp3) is 1.00. The fourth-order valence-electron chi connectivity index (χ4n) is 0.845. The molecule has 1 saturated heterocycles. The molecule has 0 spiro atoms. The van der Waals surface area contributed by atoms with Crippen LogP contribution >= 0.6 is 12.4 Å². The summed E-state index contributed by atoms with van der Waals surface area (Å²) in [6, 6.07) is 0.319. The van der Waals surface area contributed by atoms with Crippen LogP contribution in [0.15, 0.2) is 0 Å². The van der Waals surface area contributed by atoms with Gasteiger partial charge in [0.15, 0.2) is 0 Å². The molecule has 0 radical (unpaired) electrons. The summed E-state index contributed by atoms with van der Waals surface area (Å²) in [5, 5.41) is 12.1. The van der Waals surface area contributed by atoms with Crippen molar-refractivity contribution in [3.63, 3.8) is 0 Å². The molecule has 1 fully saturated rings. The van der Waals surface area contributed by atoms with Gasteiger partial charge in [-0.25, -0.2) is 0 Å². The highest BCUT2D eigenvalue weighted by Crippen LogP contribution is 2.03. The molecule has 0 bridgehead atoms. The SMILES string of the molecule is CC1NCCC1O.Cl. The lowest BCUT2D eigenvalue weighted by atomic mass is 10.2. The summed E-state index contributed by atoms with van der Waals surface area (Å²) in [7, 11) is 0. The van der Waals surface area contributed by atoms with Crippen LogP contribution in [0.3, 0.4) is 0 Å². The molecule has 0 aromatic carbocycles. The van der Waals surface area contributed by atoms with Crippen molar-refractivity contribution in [3.8, 4) is 0 Å². The Bertz CT molecular complexity index is 61.4. The van der Waals surface area contributed by atoms with E-state index in [2.05, 4.69) is 5.32 Å². The zero-order valence-corrected chi connectivity index (χ0v) is 5.74. The summed E-state index contributed by atoms with van der Waals surface area (Å²) in [5.41, 5.74) is 0. The highest BCUT2D eigenvalue weighted by Gasteiger charge is 2.18. The lowest BCUT2D eigenvalue weighted by Gasteiger charge is -2.04. The Hall–Kier alpha value is 0.210. The van der Waals surface area contributed by atoms with Crippen molar-refractivity contribution in [2.75, 3.05) is 6.54 Å². The third-order valence-electron chi connectivity index (χ3n) is 1.48. The van der Waals surface area contributed by atoms with Gasteiger partial charge in [0, 0.05) is 6.04 Å². The molecular formula is C5H12ClNO. The van der Waals surface area contributed by atoms with Gasteiger partial charge in [-0.05, 0) is 19.9 Å². The average Bonchev–Trinajstić information content (AvgIpc) is 1.91. The van der Waals surface area contributed by atoms with Crippen LogP contribution in [0.5, 0.6) is 0 Å². The Morgan fingerprint density at radius 2 is 2.25 bits per heavy atom. The summed E-state index contributed by atoms with van der Waals surface area (Å²) in [6.07, 6.45) is 0.821. The molecule has 8 heavy (non-hydrogen) atoms. The van der Waals surface area contributed by atoms with Gasteiger partial charge in [0.05, 0.1) is 6.10 Å². The van der Waals surface area contributed by atoms with Crippen LogP contribution in [0.1, 0.15) is 13.3 Å². The van der Waals surface area contributed by atoms with Gasteiger partial charge in [0.2, 0.25) is 0 Å². The maximum atomic E-state index is 8.94. The first-order valence-electron chi connectivity index (χ1n) is 2.72. The molecule has 50 valence electrons. The summed E-state index contributed by atoms with van der Waals surface area (Å²) in [6.45, 7) is 2.97. The molecule has 3 heteroatoms. The van der Waals surface area contributed by atoms with E-state index in [-0.39, 0.29) is 18.5 Å². The van der Waals surface area contributed by atoms with E-state index in [1.165, 1.54) is 0 Å². The molecule has 2 unspecified atom stereocenters. The van der Waals surface area contributed by atoms with Crippen molar-refractivity contribution in [1.29, 1.82) is 0 Å². The van der Waals surface area contributed by atoms with Crippen LogP contribution in [0, 0.1) is 0 Å². The molecule has 0 aliphatic carbocycles. The fourth-order valence-corrected chi connectivity index (χ4v) is 0.845. The number of aliphatic hydroxyl groups excluding tert-OH is 1. The molecular weight excluding hydrogens is 126 g/mol. The van der Waals surface area contributed by atoms with Gasteiger partial charge in [-0.15, -0.1) is 12.4 Å². The normalized spacial score (nSPS) is 36.8. The number of rotatable bonds is 0. The molecule has 0 amide bonds. The molecule has 1 heterocycles. The topological polar surface area (TPSA) is 32.3 Å². The Morgan fingerprint density at radius 3 is 2.38 bits per heavy atom. The summed E-state index contributed by atoms with van der Waals surface area (Å²) >= 11 is 0. The van der Waals surface area contributed by atoms with Crippen molar-refractivity contribution in [2.45, 2.75) is 25.5 Å². The second-order valence-corrected chi connectivity index (χ2v) is 2.10. The van der Waals surface area contributed by atoms with E-state index in [9.17, 15) is 0 Å². The van der Waals surface area contributed by atoms with Gasteiger partial charge in [-0.2, -0.15) is 0 Å². The van der Waals surface area contributed by atoms with Gasteiger partial charge in [0.25, 0.3) is 0 Å². The lowest BCUT2D eigenvalue weighted by molar-refractivity contribution is 0.166. The van der Waals surface area contributed by atoms with Crippen LogP contribution in [0.4, 0.5) is 0 Å². The molecule has 2 N–H and O–H groups in total. The maximum Gasteiger partial charge on any atom is 0.0702 e. The van der Waals surface area contributed by atoms with E-state index in [1.807, 2.05) is 6.92 Å². The van der Waals surface area contributed by atoms with Gasteiger partial charge in [-0.3, -0.25) is 0 Å². The Kier molecular flexibility index (Phi) is 3.36. The van der Waals surface area contributed by atoms with Crippen LogP contribution in [-0.4, -0.2) is 23.8 Å². The highest BCUT2D eigenvalue weighted by atomic mass is 35.5. The summed E-state index contributed by atoms with van der Waals surface area (Å²) < 4.78 is 0. The summed E-state index contributed by atoms with van der Waals surface area (Å²) in [4.78, 5) is 0. The van der Waals surface area contributed by atoms with Crippen molar-refractivity contribution in [1.82, 2.24) is 5.32 Å². The van der Waals surface area contributed by atoms with Crippen molar-refractivity contribution in [2.24, 2.45) is 0 Å². The predicted octanol–water partition coefficient (Wildman–Crippen LogP) is 0.151. The minimum atomic E-state index is -0.0972. The standard InChI is InChI=1S/C5H11NO.ClH/c1-4-5(7)2-3-6-4;/h4-7H,2-3H2,1H3;1H. The van der Waals surface area contributed by atoms with E-state index in [0.717, 1.165) is 13.0 Å². The van der Waals surface area contributed by atoms with E-state index in [4.69, 9.17) is 5.11 Å². The van der Waals surface area contributed by atoms with E-state index >= 15 is 0 Å². The molecule has 0 aromatic heterocycles. The van der Waals surface area contributed by atoms with Crippen molar-refractivity contribution < 1.29 is 5.11 Å². The predicted molar refractivity (Wildman–Crippen MR) is 35.3 cm³/mol. The minimum absolute atomic E-state index is 0.